The monoisotopic (exact) mass is 401 g/mol. The fourth-order valence-corrected chi connectivity index (χ4v) is 2.70. The number of nitrogens with one attached hydrogen (secondary N) is 2. The van der Waals surface area contributed by atoms with Crippen molar-refractivity contribution in [2.75, 3.05) is 10.6 Å². The molecule has 0 bridgehead atoms. The van der Waals surface area contributed by atoms with Crippen LogP contribution in [-0.4, -0.2) is 10.9 Å². The molecule has 0 saturated carbocycles. The molecule has 1 aromatic heterocycles. The highest BCUT2D eigenvalue weighted by molar-refractivity contribution is 9.10. The van der Waals surface area contributed by atoms with Crippen LogP contribution in [-0.2, 0) is 0 Å². The van der Waals surface area contributed by atoms with Gasteiger partial charge in [0.25, 0.3) is 5.91 Å². The van der Waals surface area contributed by atoms with Gasteiger partial charge in [-0.3, -0.25) is 4.79 Å². The number of hydrogen-bond donors (Lipinski definition) is 2. The van der Waals surface area contributed by atoms with E-state index >= 15 is 0 Å². The molecule has 24 heavy (non-hydrogen) atoms. The van der Waals surface area contributed by atoms with Gasteiger partial charge in [-0.25, -0.2) is 4.98 Å². The van der Waals surface area contributed by atoms with Crippen molar-refractivity contribution in [3.8, 4) is 0 Å². The zero-order chi connectivity index (χ0) is 16.9. The van der Waals surface area contributed by atoms with E-state index in [2.05, 4.69) is 31.5 Å². The van der Waals surface area contributed by atoms with Crippen molar-refractivity contribution in [2.24, 2.45) is 0 Å². The molecule has 3 aromatic rings. The maximum absolute atomic E-state index is 12.6. The Labute approximate surface area is 153 Å². The Balaban J connectivity index is 1.88. The first-order valence-electron chi connectivity index (χ1n) is 7.17. The number of benzene rings is 2. The predicted octanol–water partition coefficient (Wildman–Crippen LogP) is 5.49. The number of carbonyl (C=O) groups excluding carboxylic acids is 1. The van der Waals surface area contributed by atoms with Crippen LogP contribution in [0.15, 0.2) is 71.3 Å². The number of halogens is 2. The van der Waals surface area contributed by atoms with Gasteiger partial charge in [0.2, 0.25) is 0 Å². The fraction of sp³-hybridized carbons (Fsp3) is 0. The van der Waals surface area contributed by atoms with E-state index in [-0.39, 0.29) is 5.91 Å². The molecule has 0 fully saturated rings. The summed E-state index contributed by atoms with van der Waals surface area (Å²) in [6, 6.07) is 18.1. The van der Waals surface area contributed by atoms with Crippen LogP contribution >= 0.6 is 27.5 Å². The van der Waals surface area contributed by atoms with Gasteiger partial charge in [0.05, 0.1) is 22.0 Å². The van der Waals surface area contributed by atoms with E-state index < -0.39 is 0 Å². The smallest absolute Gasteiger partial charge is 0.259 e. The van der Waals surface area contributed by atoms with E-state index in [4.69, 9.17) is 11.6 Å². The Hall–Kier alpha value is -2.37. The molecule has 0 radical (unpaired) electrons. The molecule has 1 amide bonds. The topological polar surface area (TPSA) is 54.0 Å². The first-order valence-corrected chi connectivity index (χ1v) is 8.34. The number of rotatable bonds is 4. The second-order valence-electron chi connectivity index (χ2n) is 4.94. The highest BCUT2D eigenvalue weighted by Crippen LogP contribution is 2.27. The molecule has 0 aliphatic heterocycles. The first-order chi connectivity index (χ1) is 11.6. The lowest BCUT2D eigenvalue weighted by Gasteiger charge is -2.12. The lowest BCUT2D eigenvalue weighted by molar-refractivity contribution is 0.102. The average Bonchev–Trinajstić information content (AvgIpc) is 2.59. The third-order valence-corrected chi connectivity index (χ3v) is 4.32. The zero-order valence-electron chi connectivity index (χ0n) is 12.5. The van der Waals surface area contributed by atoms with E-state index in [0.717, 1.165) is 4.47 Å². The molecule has 0 saturated heterocycles. The van der Waals surface area contributed by atoms with Crippen molar-refractivity contribution in [1.82, 2.24) is 4.98 Å². The van der Waals surface area contributed by atoms with Crippen molar-refractivity contribution < 1.29 is 4.79 Å². The Kier molecular flexibility index (Phi) is 5.13. The van der Waals surface area contributed by atoms with Crippen LogP contribution in [0.2, 0.25) is 5.02 Å². The van der Waals surface area contributed by atoms with E-state index in [1.165, 1.54) is 0 Å². The molecule has 0 aliphatic carbocycles. The van der Waals surface area contributed by atoms with Gasteiger partial charge < -0.3 is 10.6 Å². The molecule has 4 nitrogen and oxygen atoms in total. The van der Waals surface area contributed by atoms with Crippen LogP contribution in [0.25, 0.3) is 0 Å². The molecule has 0 spiro atoms. The van der Waals surface area contributed by atoms with Gasteiger partial charge >= 0.3 is 0 Å². The second kappa shape index (κ2) is 7.47. The van der Waals surface area contributed by atoms with Crippen molar-refractivity contribution in [1.29, 1.82) is 0 Å². The molecular weight excluding hydrogens is 390 g/mol. The second-order valence-corrected chi connectivity index (χ2v) is 6.20. The van der Waals surface area contributed by atoms with Gasteiger partial charge in [-0.15, -0.1) is 0 Å². The summed E-state index contributed by atoms with van der Waals surface area (Å²) in [5, 5.41) is 6.53. The number of pyridine rings is 1. The highest BCUT2D eigenvalue weighted by atomic mass is 79.9. The lowest BCUT2D eigenvalue weighted by atomic mass is 10.2. The number of nitrogens with zero attached hydrogens (tertiary/aromatic N) is 1. The Morgan fingerprint density at radius 1 is 0.958 bits per heavy atom. The first kappa shape index (κ1) is 16.5. The van der Waals surface area contributed by atoms with Gasteiger partial charge in [-0.1, -0.05) is 35.9 Å². The molecule has 0 unspecified atom stereocenters. The third kappa shape index (κ3) is 3.75. The summed E-state index contributed by atoms with van der Waals surface area (Å²) in [5.41, 5.74) is 1.80. The number of amides is 1. The van der Waals surface area contributed by atoms with E-state index in [9.17, 15) is 4.79 Å². The fourth-order valence-electron chi connectivity index (χ4n) is 2.13. The largest absolute Gasteiger partial charge is 0.338 e. The summed E-state index contributed by atoms with van der Waals surface area (Å²) in [7, 11) is 0. The van der Waals surface area contributed by atoms with E-state index in [1.807, 2.05) is 42.5 Å². The van der Waals surface area contributed by atoms with E-state index in [0.29, 0.717) is 27.8 Å². The number of hydrogen-bond acceptors (Lipinski definition) is 3. The van der Waals surface area contributed by atoms with Crippen LogP contribution in [0.3, 0.4) is 0 Å². The van der Waals surface area contributed by atoms with Gasteiger partial charge in [-0.2, -0.15) is 0 Å². The molecule has 2 N–H and O–H groups in total. The number of carbonyl (C=O) groups is 1. The minimum atomic E-state index is -0.260. The Morgan fingerprint density at radius 3 is 2.42 bits per heavy atom. The van der Waals surface area contributed by atoms with Gasteiger partial charge in [0, 0.05) is 10.7 Å². The molecule has 0 atom stereocenters. The van der Waals surface area contributed by atoms with Crippen LogP contribution < -0.4 is 10.6 Å². The number of anilines is 3. The number of para-hydroxylation sites is 2. The maximum atomic E-state index is 12.6. The SMILES string of the molecule is O=C(Nc1ccccc1Br)c1cccnc1Nc1ccccc1Cl. The molecule has 1 heterocycles. The van der Waals surface area contributed by atoms with Gasteiger partial charge in [-0.05, 0) is 52.3 Å². The average molecular weight is 403 g/mol. The van der Waals surface area contributed by atoms with E-state index in [1.54, 1.807) is 24.4 Å². The maximum Gasteiger partial charge on any atom is 0.259 e. The predicted molar refractivity (Wildman–Crippen MR) is 101 cm³/mol. The lowest BCUT2D eigenvalue weighted by Crippen LogP contribution is -2.15. The standard InChI is InChI=1S/C18H13BrClN3O/c19-13-7-1-3-9-15(13)23-18(24)12-6-5-11-21-17(12)22-16-10-4-2-8-14(16)20/h1-11H,(H,21,22)(H,23,24). The summed E-state index contributed by atoms with van der Waals surface area (Å²) < 4.78 is 0.808. The Morgan fingerprint density at radius 2 is 1.67 bits per heavy atom. The number of aromatic nitrogens is 1. The molecule has 3 rings (SSSR count). The van der Waals surface area contributed by atoms with Crippen LogP contribution in [0.4, 0.5) is 17.2 Å². The quantitative estimate of drug-likeness (QED) is 0.606. The van der Waals surface area contributed by atoms with Gasteiger partial charge in [0.15, 0.2) is 0 Å². The van der Waals surface area contributed by atoms with Crippen molar-refractivity contribution in [3.05, 3.63) is 81.9 Å². The summed E-state index contributed by atoms with van der Waals surface area (Å²) in [5.74, 6) is 0.180. The summed E-state index contributed by atoms with van der Waals surface area (Å²) in [6.07, 6.45) is 1.62. The normalized spacial score (nSPS) is 10.2. The molecular formula is C18H13BrClN3O. The van der Waals surface area contributed by atoms with Crippen molar-refractivity contribution >= 4 is 50.6 Å². The third-order valence-electron chi connectivity index (χ3n) is 3.30. The van der Waals surface area contributed by atoms with Crippen molar-refractivity contribution in [2.45, 2.75) is 0 Å². The summed E-state index contributed by atoms with van der Waals surface area (Å²) >= 11 is 9.58. The molecule has 120 valence electrons. The minimum absolute atomic E-state index is 0.260. The Bertz CT molecular complexity index is 885. The van der Waals surface area contributed by atoms with Crippen LogP contribution in [0, 0.1) is 0 Å². The summed E-state index contributed by atoms with van der Waals surface area (Å²) in [6.45, 7) is 0. The highest BCUT2D eigenvalue weighted by Gasteiger charge is 2.14. The van der Waals surface area contributed by atoms with Crippen molar-refractivity contribution in [3.63, 3.8) is 0 Å². The van der Waals surface area contributed by atoms with Crippen LogP contribution in [0.1, 0.15) is 10.4 Å². The minimum Gasteiger partial charge on any atom is -0.338 e. The van der Waals surface area contributed by atoms with Crippen LogP contribution in [0.5, 0.6) is 0 Å². The summed E-state index contributed by atoms with van der Waals surface area (Å²) in [4.78, 5) is 16.9. The zero-order valence-corrected chi connectivity index (χ0v) is 14.8. The van der Waals surface area contributed by atoms with Gasteiger partial charge in [0.1, 0.15) is 5.82 Å². The molecule has 0 aliphatic rings. The molecule has 6 heteroatoms. The molecule has 2 aromatic carbocycles.